The molecule has 0 bridgehead atoms. The van der Waals surface area contributed by atoms with Gasteiger partial charge in [0.15, 0.2) is 5.65 Å². The number of hydrogen-bond donors (Lipinski definition) is 3. The second-order valence-electron chi connectivity index (χ2n) is 4.81. The Morgan fingerprint density at radius 2 is 1.95 bits per heavy atom. The lowest BCUT2D eigenvalue weighted by Crippen LogP contribution is -2.13. The lowest BCUT2D eigenvalue weighted by Gasteiger charge is -2.07. The summed E-state index contributed by atoms with van der Waals surface area (Å²) in [6.45, 7) is 1.45. The van der Waals surface area contributed by atoms with E-state index < -0.39 is 5.91 Å². The summed E-state index contributed by atoms with van der Waals surface area (Å²) in [5.41, 5.74) is 8.34. The minimum atomic E-state index is -0.604. The Bertz CT molecular complexity index is 867. The number of nitrogens with one attached hydrogen (secondary N) is 2. The van der Waals surface area contributed by atoms with Gasteiger partial charge < -0.3 is 11.1 Å². The third-order valence-electron chi connectivity index (χ3n) is 3.19. The summed E-state index contributed by atoms with van der Waals surface area (Å²) in [7, 11) is 0. The number of anilines is 1. The molecule has 2 aromatic heterocycles. The highest BCUT2D eigenvalue weighted by Gasteiger charge is 2.12. The first-order valence-electron chi connectivity index (χ1n) is 6.56. The van der Waals surface area contributed by atoms with Crippen LogP contribution in [0.2, 0.25) is 0 Å². The van der Waals surface area contributed by atoms with Crippen LogP contribution < -0.4 is 11.1 Å². The van der Waals surface area contributed by atoms with Gasteiger partial charge in [-0.15, -0.1) is 0 Å². The minimum absolute atomic E-state index is 0.134. The van der Waals surface area contributed by atoms with E-state index in [-0.39, 0.29) is 11.6 Å². The van der Waals surface area contributed by atoms with Crippen molar-refractivity contribution in [2.24, 2.45) is 5.73 Å². The number of pyridine rings is 1. The number of nitrogens with two attached hydrogens (primary N) is 1. The van der Waals surface area contributed by atoms with Crippen molar-refractivity contribution in [1.82, 2.24) is 15.2 Å². The smallest absolute Gasteiger partial charge is 0.267 e. The zero-order chi connectivity index (χ0) is 15.7. The van der Waals surface area contributed by atoms with Gasteiger partial charge in [0.1, 0.15) is 5.69 Å². The molecule has 0 aliphatic heterocycles. The van der Waals surface area contributed by atoms with Gasteiger partial charge >= 0.3 is 0 Å². The molecule has 0 spiro atoms. The predicted octanol–water partition coefficient (Wildman–Crippen LogP) is 1.68. The maximum absolute atomic E-state index is 11.4. The molecule has 0 saturated carbocycles. The average molecular weight is 295 g/mol. The Kier molecular flexibility index (Phi) is 3.30. The number of fused-ring (bicyclic) bond motifs is 1. The van der Waals surface area contributed by atoms with Crippen LogP contribution in [-0.4, -0.2) is 27.0 Å². The van der Waals surface area contributed by atoms with Gasteiger partial charge in [0.2, 0.25) is 5.91 Å². The molecule has 4 N–H and O–H groups in total. The number of hydrogen-bond acceptors (Lipinski definition) is 4. The molecule has 2 amide bonds. The highest BCUT2D eigenvalue weighted by atomic mass is 16.1. The van der Waals surface area contributed by atoms with E-state index in [9.17, 15) is 9.59 Å². The summed E-state index contributed by atoms with van der Waals surface area (Å²) in [5.74, 6) is -0.738. The van der Waals surface area contributed by atoms with E-state index in [2.05, 4.69) is 20.5 Å². The number of carbonyl (C=O) groups is 2. The average Bonchev–Trinajstić information content (AvgIpc) is 2.94. The lowest BCUT2D eigenvalue weighted by atomic mass is 10.0. The summed E-state index contributed by atoms with van der Waals surface area (Å²) >= 11 is 0. The molecule has 3 aromatic rings. The molecule has 0 atom stereocenters. The Morgan fingerprint density at radius 1 is 1.23 bits per heavy atom. The van der Waals surface area contributed by atoms with Crippen LogP contribution in [0, 0.1) is 0 Å². The molecule has 22 heavy (non-hydrogen) atoms. The summed E-state index contributed by atoms with van der Waals surface area (Å²) in [4.78, 5) is 26.6. The highest BCUT2D eigenvalue weighted by molar-refractivity contribution is 5.99. The fourth-order valence-corrected chi connectivity index (χ4v) is 2.23. The maximum atomic E-state index is 11.4. The van der Waals surface area contributed by atoms with Crippen LogP contribution in [0.3, 0.4) is 0 Å². The van der Waals surface area contributed by atoms with Crippen molar-refractivity contribution in [2.75, 3.05) is 5.32 Å². The van der Waals surface area contributed by atoms with Gasteiger partial charge in [-0.05, 0) is 29.3 Å². The second-order valence-corrected chi connectivity index (χ2v) is 4.81. The summed E-state index contributed by atoms with van der Waals surface area (Å²) in [6.07, 6.45) is 1.64. The maximum Gasteiger partial charge on any atom is 0.267 e. The van der Waals surface area contributed by atoms with Gasteiger partial charge in [0.25, 0.3) is 5.91 Å². The summed E-state index contributed by atoms with van der Waals surface area (Å²) in [5, 5.41) is 10.2. The van der Waals surface area contributed by atoms with Crippen molar-refractivity contribution in [3.8, 4) is 11.1 Å². The molecule has 0 aliphatic carbocycles. The van der Waals surface area contributed by atoms with E-state index in [1.807, 2.05) is 12.1 Å². The van der Waals surface area contributed by atoms with Crippen LogP contribution in [0.4, 0.5) is 5.69 Å². The molecule has 110 valence electrons. The summed E-state index contributed by atoms with van der Waals surface area (Å²) in [6, 6.07) is 8.89. The van der Waals surface area contributed by atoms with Gasteiger partial charge in [-0.1, -0.05) is 12.1 Å². The SMILES string of the molecule is CC(=O)Nc1ccc(-c2cc(C(N)=O)nc3[nH]ncc23)cc1. The zero-order valence-corrected chi connectivity index (χ0v) is 11.8. The molecule has 2 heterocycles. The number of benzene rings is 1. The van der Waals surface area contributed by atoms with E-state index >= 15 is 0 Å². The Hall–Kier alpha value is -3.22. The first kappa shape index (κ1) is 13.7. The van der Waals surface area contributed by atoms with Crippen molar-refractivity contribution in [3.05, 3.63) is 42.2 Å². The standard InChI is InChI=1S/C15H13N5O2/c1-8(21)18-10-4-2-9(3-5-10)11-6-13(14(16)22)19-15-12(11)7-17-20-15/h2-7H,1H3,(H2,16,22)(H,18,21)(H,17,19,20). The fraction of sp³-hybridized carbons (Fsp3) is 0.0667. The quantitative estimate of drug-likeness (QED) is 0.682. The number of H-pyrrole nitrogens is 1. The zero-order valence-electron chi connectivity index (χ0n) is 11.8. The van der Waals surface area contributed by atoms with E-state index in [0.717, 1.165) is 16.5 Å². The molecule has 0 unspecified atom stereocenters. The van der Waals surface area contributed by atoms with Crippen molar-refractivity contribution in [1.29, 1.82) is 0 Å². The molecule has 0 aliphatic rings. The van der Waals surface area contributed by atoms with Gasteiger partial charge in [-0.25, -0.2) is 4.98 Å². The molecule has 7 heteroatoms. The van der Waals surface area contributed by atoms with Crippen LogP contribution in [0.1, 0.15) is 17.4 Å². The minimum Gasteiger partial charge on any atom is -0.364 e. The van der Waals surface area contributed by atoms with E-state index in [4.69, 9.17) is 5.73 Å². The third-order valence-corrected chi connectivity index (χ3v) is 3.19. The molecular formula is C15H13N5O2. The molecule has 7 nitrogen and oxygen atoms in total. The second kappa shape index (κ2) is 5.28. The Balaban J connectivity index is 2.10. The number of aromatic amines is 1. The number of primary amides is 1. The third kappa shape index (κ3) is 2.51. The monoisotopic (exact) mass is 295 g/mol. The number of carbonyl (C=O) groups excluding carboxylic acids is 2. The first-order chi connectivity index (χ1) is 10.5. The van der Waals surface area contributed by atoms with Crippen molar-refractivity contribution < 1.29 is 9.59 Å². The van der Waals surface area contributed by atoms with Crippen LogP contribution in [0.5, 0.6) is 0 Å². The summed E-state index contributed by atoms with van der Waals surface area (Å²) < 4.78 is 0. The van der Waals surface area contributed by atoms with Crippen molar-refractivity contribution >= 4 is 28.5 Å². The Labute approximate surface area is 125 Å². The molecule has 3 rings (SSSR count). The number of nitrogens with zero attached hydrogens (tertiary/aromatic N) is 2. The van der Waals surface area contributed by atoms with Crippen LogP contribution >= 0.6 is 0 Å². The number of rotatable bonds is 3. The molecular weight excluding hydrogens is 282 g/mol. The number of aromatic nitrogens is 3. The van der Waals surface area contributed by atoms with Crippen LogP contribution in [0.15, 0.2) is 36.5 Å². The Morgan fingerprint density at radius 3 is 2.59 bits per heavy atom. The van der Waals surface area contributed by atoms with E-state index in [0.29, 0.717) is 11.3 Å². The highest BCUT2D eigenvalue weighted by Crippen LogP contribution is 2.28. The van der Waals surface area contributed by atoms with Crippen molar-refractivity contribution in [3.63, 3.8) is 0 Å². The van der Waals surface area contributed by atoms with Crippen molar-refractivity contribution in [2.45, 2.75) is 6.92 Å². The molecule has 1 aromatic carbocycles. The van der Waals surface area contributed by atoms with Crippen LogP contribution in [0.25, 0.3) is 22.2 Å². The largest absolute Gasteiger partial charge is 0.364 e. The fourth-order valence-electron chi connectivity index (χ4n) is 2.23. The molecule has 0 fully saturated rings. The lowest BCUT2D eigenvalue weighted by molar-refractivity contribution is -0.114. The first-order valence-corrected chi connectivity index (χ1v) is 6.56. The van der Waals surface area contributed by atoms with E-state index in [1.165, 1.54) is 6.92 Å². The number of amides is 2. The molecule has 0 saturated heterocycles. The van der Waals surface area contributed by atoms with Gasteiger partial charge in [0, 0.05) is 18.0 Å². The normalized spacial score (nSPS) is 10.6. The van der Waals surface area contributed by atoms with Gasteiger partial charge in [-0.3, -0.25) is 14.7 Å². The predicted molar refractivity (Wildman–Crippen MR) is 82.1 cm³/mol. The van der Waals surface area contributed by atoms with Gasteiger partial charge in [0.05, 0.1) is 6.20 Å². The van der Waals surface area contributed by atoms with Gasteiger partial charge in [-0.2, -0.15) is 5.10 Å². The van der Waals surface area contributed by atoms with E-state index in [1.54, 1.807) is 24.4 Å². The topological polar surface area (TPSA) is 114 Å². The van der Waals surface area contributed by atoms with Crippen LogP contribution in [-0.2, 0) is 4.79 Å². The molecule has 0 radical (unpaired) electrons.